The van der Waals surface area contributed by atoms with Gasteiger partial charge in [0.15, 0.2) is 0 Å². The van der Waals surface area contributed by atoms with E-state index in [-0.39, 0.29) is 4.48 Å². The van der Waals surface area contributed by atoms with Gasteiger partial charge in [0.05, 0.1) is 31.8 Å². The SMILES string of the molecule is COC(=O)c1ccc(OC)c2[nH]c3c(c12)C[N+](C(=O)O)(C(C)(C)C)CC3. The van der Waals surface area contributed by atoms with E-state index in [0.717, 1.165) is 11.3 Å². The fourth-order valence-electron chi connectivity index (χ4n) is 3.91. The fourth-order valence-corrected chi connectivity index (χ4v) is 3.91. The summed E-state index contributed by atoms with van der Waals surface area (Å²) in [5, 5.41) is 10.7. The monoisotopic (exact) mass is 361 g/mol. The van der Waals surface area contributed by atoms with E-state index in [9.17, 15) is 14.7 Å². The number of methoxy groups -OCH3 is 2. The molecule has 140 valence electrons. The molecule has 3 rings (SSSR count). The number of aromatic amines is 1. The number of aromatic nitrogens is 1. The Kier molecular flexibility index (Phi) is 4.23. The first kappa shape index (κ1) is 18.3. The molecule has 1 atom stereocenters. The number of benzene rings is 1. The van der Waals surface area contributed by atoms with Crippen molar-refractivity contribution in [3.05, 3.63) is 29.0 Å². The topological polar surface area (TPSA) is 88.6 Å². The summed E-state index contributed by atoms with van der Waals surface area (Å²) in [6.45, 7) is 6.58. The second-order valence-corrected chi connectivity index (χ2v) is 7.69. The van der Waals surface area contributed by atoms with Gasteiger partial charge in [-0.05, 0) is 32.9 Å². The number of amides is 1. The molecule has 0 aliphatic carbocycles. The number of carbonyl (C=O) groups excluding carboxylic acids is 1. The van der Waals surface area contributed by atoms with Crippen LogP contribution < -0.4 is 4.74 Å². The minimum atomic E-state index is -0.861. The number of nitrogens with one attached hydrogen (secondary N) is 1. The first-order valence-corrected chi connectivity index (χ1v) is 8.55. The van der Waals surface area contributed by atoms with Crippen LogP contribution in [0.4, 0.5) is 4.79 Å². The highest BCUT2D eigenvalue weighted by atomic mass is 16.5. The summed E-state index contributed by atoms with van der Waals surface area (Å²) in [5.41, 5.74) is 2.44. The fraction of sp³-hybridized carbons (Fsp3) is 0.474. The molecule has 1 aromatic heterocycles. The van der Waals surface area contributed by atoms with Gasteiger partial charge in [0.2, 0.25) is 0 Å². The van der Waals surface area contributed by atoms with Crippen molar-refractivity contribution in [2.75, 3.05) is 20.8 Å². The van der Waals surface area contributed by atoms with E-state index < -0.39 is 17.6 Å². The first-order chi connectivity index (χ1) is 12.2. The van der Waals surface area contributed by atoms with Crippen LogP contribution in [0, 0.1) is 0 Å². The molecule has 2 heterocycles. The number of rotatable bonds is 2. The summed E-state index contributed by atoms with van der Waals surface area (Å²) in [5.74, 6) is 0.167. The van der Waals surface area contributed by atoms with Gasteiger partial charge in [0.25, 0.3) is 0 Å². The van der Waals surface area contributed by atoms with Crippen molar-refractivity contribution in [2.45, 2.75) is 39.3 Å². The summed E-state index contributed by atoms with van der Waals surface area (Å²) in [7, 11) is 2.91. The van der Waals surface area contributed by atoms with Crippen molar-refractivity contribution in [1.29, 1.82) is 0 Å². The van der Waals surface area contributed by atoms with Gasteiger partial charge in [-0.25, -0.2) is 9.28 Å². The van der Waals surface area contributed by atoms with Crippen LogP contribution in [0.3, 0.4) is 0 Å². The molecule has 7 nitrogen and oxygen atoms in total. The van der Waals surface area contributed by atoms with Crippen LogP contribution in [-0.4, -0.2) is 52.9 Å². The number of quaternary nitrogens is 1. The number of carbonyl (C=O) groups is 2. The molecular weight excluding hydrogens is 336 g/mol. The predicted octanol–water partition coefficient (Wildman–Crippen LogP) is 3.31. The summed E-state index contributed by atoms with van der Waals surface area (Å²) in [6.07, 6.45) is -0.280. The lowest BCUT2D eigenvalue weighted by atomic mass is 9.93. The highest BCUT2D eigenvalue weighted by molar-refractivity contribution is 6.07. The summed E-state index contributed by atoms with van der Waals surface area (Å²) in [4.78, 5) is 27.9. The minimum Gasteiger partial charge on any atom is -0.495 e. The van der Waals surface area contributed by atoms with Crippen molar-refractivity contribution in [2.24, 2.45) is 0 Å². The van der Waals surface area contributed by atoms with E-state index in [0.29, 0.717) is 41.7 Å². The molecule has 1 amide bonds. The van der Waals surface area contributed by atoms with Gasteiger partial charge < -0.3 is 19.6 Å². The highest BCUT2D eigenvalue weighted by Gasteiger charge is 2.50. The molecule has 0 fully saturated rings. The largest absolute Gasteiger partial charge is 0.514 e. The molecule has 7 heteroatoms. The van der Waals surface area contributed by atoms with Gasteiger partial charge in [-0.1, -0.05) is 0 Å². The van der Waals surface area contributed by atoms with E-state index in [1.54, 1.807) is 19.2 Å². The zero-order valence-corrected chi connectivity index (χ0v) is 15.8. The average Bonchev–Trinajstić information content (AvgIpc) is 2.97. The molecule has 1 unspecified atom stereocenters. The molecular formula is C19H25N2O5+. The molecule has 0 saturated carbocycles. The van der Waals surface area contributed by atoms with Crippen LogP contribution in [0.1, 0.15) is 42.4 Å². The maximum atomic E-state index is 12.3. The molecule has 1 aliphatic heterocycles. The quantitative estimate of drug-likeness (QED) is 0.633. The third-order valence-electron chi connectivity index (χ3n) is 5.56. The Bertz CT molecular complexity index is 893. The molecule has 1 aromatic carbocycles. The number of hydrogen-bond acceptors (Lipinski definition) is 4. The number of nitrogens with zero attached hydrogens (tertiary/aromatic N) is 1. The van der Waals surface area contributed by atoms with Crippen molar-refractivity contribution in [3.63, 3.8) is 0 Å². The number of hydrogen-bond donors (Lipinski definition) is 2. The van der Waals surface area contributed by atoms with Crippen molar-refractivity contribution >= 4 is 23.0 Å². The summed E-state index contributed by atoms with van der Waals surface area (Å²) < 4.78 is 10.3. The van der Waals surface area contributed by atoms with Gasteiger partial charge in [-0.2, -0.15) is 4.79 Å². The van der Waals surface area contributed by atoms with E-state index in [1.807, 2.05) is 20.8 Å². The molecule has 1 aliphatic rings. The molecule has 0 radical (unpaired) electrons. The predicted molar refractivity (Wildman–Crippen MR) is 96.5 cm³/mol. The third-order valence-corrected chi connectivity index (χ3v) is 5.56. The molecule has 0 spiro atoms. The van der Waals surface area contributed by atoms with Gasteiger partial charge in [0.1, 0.15) is 17.8 Å². The average molecular weight is 361 g/mol. The summed E-state index contributed by atoms with van der Waals surface area (Å²) in [6, 6.07) is 3.39. The van der Waals surface area contributed by atoms with Crippen molar-refractivity contribution < 1.29 is 28.7 Å². The van der Waals surface area contributed by atoms with E-state index in [1.165, 1.54) is 7.11 Å². The molecule has 26 heavy (non-hydrogen) atoms. The number of esters is 1. The summed E-state index contributed by atoms with van der Waals surface area (Å²) >= 11 is 0. The lowest BCUT2D eigenvalue weighted by Gasteiger charge is -2.45. The van der Waals surface area contributed by atoms with Crippen LogP contribution in [0.2, 0.25) is 0 Å². The van der Waals surface area contributed by atoms with Crippen LogP contribution in [0.25, 0.3) is 10.9 Å². The smallest absolute Gasteiger partial charge is 0.495 e. The van der Waals surface area contributed by atoms with Crippen LogP contribution in [-0.2, 0) is 17.7 Å². The number of carboxylic acid groups (broad SMARTS) is 1. The maximum absolute atomic E-state index is 12.3. The van der Waals surface area contributed by atoms with Gasteiger partial charge in [-0.3, -0.25) is 0 Å². The van der Waals surface area contributed by atoms with Crippen LogP contribution >= 0.6 is 0 Å². The van der Waals surface area contributed by atoms with Crippen LogP contribution in [0.15, 0.2) is 12.1 Å². The van der Waals surface area contributed by atoms with E-state index in [2.05, 4.69) is 4.98 Å². The second kappa shape index (κ2) is 6.02. The number of fused-ring (bicyclic) bond motifs is 3. The highest BCUT2D eigenvalue weighted by Crippen LogP contribution is 2.40. The Morgan fingerprint density at radius 3 is 2.46 bits per heavy atom. The van der Waals surface area contributed by atoms with Crippen molar-refractivity contribution in [1.82, 2.24) is 4.98 Å². The van der Waals surface area contributed by atoms with Gasteiger partial charge in [-0.15, -0.1) is 0 Å². The Balaban J connectivity index is 2.30. The van der Waals surface area contributed by atoms with Gasteiger partial charge >= 0.3 is 12.1 Å². The Hall–Kier alpha value is -2.54. The van der Waals surface area contributed by atoms with E-state index in [4.69, 9.17) is 9.47 Å². The lowest BCUT2D eigenvalue weighted by molar-refractivity contribution is -0.917. The first-order valence-electron chi connectivity index (χ1n) is 8.55. The molecule has 2 aromatic rings. The Labute approximate surface area is 152 Å². The number of H-pyrrole nitrogens is 1. The molecule has 0 saturated heterocycles. The Morgan fingerprint density at radius 2 is 1.92 bits per heavy atom. The molecule has 2 N–H and O–H groups in total. The molecule has 0 bridgehead atoms. The standard InChI is InChI=1S/C19H24N2O5/c1-19(2,3)21(18(23)24)9-8-13-12(10-21)15-11(17(22)26-5)6-7-14(25-4)16(15)20-13/h6-7H,8-10H2,1-5H3,(H-,20,22,23,24)/p+1. The maximum Gasteiger partial charge on any atom is 0.514 e. The zero-order valence-electron chi connectivity index (χ0n) is 15.8. The second-order valence-electron chi connectivity index (χ2n) is 7.69. The van der Waals surface area contributed by atoms with Crippen LogP contribution in [0.5, 0.6) is 5.75 Å². The number of ether oxygens (including phenoxy) is 2. The Morgan fingerprint density at radius 1 is 1.23 bits per heavy atom. The van der Waals surface area contributed by atoms with Crippen molar-refractivity contribution in [3.8, 4) is 5.75 Å². The zero-order chi connectivity index (χ0) is 19.3. The van der Waals surface area contributed by atoms with Gasteiger partial charge in [0, 0.05) is 23.1 Å². The van der Waals surface area contributed by atoms with E-state index >= 15 is 0 Å². The minimum absolute atomic E-state index is 0.0925. The lowest BCUT2D eigenvalue weighted by Crippen LogP contribution is -2.64. The normalized spacial score (nSPS) is 19.9. The third kappa shape index (κ3) is 2.46.